The zero-order chi connectivity index (χ0) is 22.0. The Hall–Kier alpha value is -2.64. The molecule has 1 aliphatic rings. The van der Waals surface area contributed by atoms with Crippen molar-refractivity contribution in [3.05, 3.63) is 69.2 Å². The Bertz CT molecular complexity index is 999. The number of ether oxygens (including phenoxy) is 1. The van der Waals surface area contributed by atoms with Crippen molar-refractivity contribution in [2.24, 2.45) is 0 Å². The van der Waals surface area contributed by atoms with Crippen molar-refractivity contribution in [3.8, 4) is 5.75 Å². The number of methoxy groups -OCH3 is 1. The Morgan fingerprint density at radius 3 is 2.40 bits per heavy atom. The maximum Gasteiger partial charge on any atom is 0.295 e. The van der Waals surface area contributed by atoms with E-state index in [1.807, 2.05) is 50.2 Å². The summed E-state index contributed by atoms with van der Waals surface area (Å²) in [6.07, 6.45) is 0. The van der Waals surface area contributed by atoms with Gasteiger partial charge in [0.05, 0.1) is 18.7 Å². The van der Waals surface area contributed by atoms with Gasteiger partial charge in [-0.05, 0) is 62.5 Å². The van der Waals surface area contributed by atoms with Crippen molar-refractivity contribution in [2.75, 3.05) is 34.3 Å². The molecule has 7 heteroatoms. The number of halogens is 1. The molecule has 158 valence electrons. The molecule has 30 heavy (non-hydrogen) atoms. The van der Waals surface area contributed by atoms with E-state index in [4.69, 9.17) is 4.74 Å². The van der Waals surface area contributed by atoms with Gasteiger partial charge in [0.1, 0.15) is 11.5 Å². The minimum Gasteiger partial charge on any atom is -0.507 e. The predicted molar refractivity (Wildman–Crippen MR) is 119 cm³/mol. The molecule has 0 radical (unpaired) electrons. The Morgan fingerprint density at radius 2 is 1.83 bits per heavy atom. The van der Waals surface area contributed by atoms with E-state index in [9.17, 15) is 14.7 Å². The van der Waals surface area contributed by atoms with Gasteiger partial charge in [0.15, 0.2) is 0 Å². The summed E-state index contributed by atoms with van der Waals surface area (Å²) < 4.78 is 6.12. The van der Waals surface area contributed by atoms with Gasteiger partial charge in [-0.3, -0.25) is 9.59 Å². The van der Waals surface area contributed by atoms with Crippen LogP contribution in [-0.2, 0) is 9.59 Å². The number of hydrogen-bond donors (Lipinski definition) is 1. The molecule has 1 N–H and O–H groups in total. The molecule has 0 bridgehead atoms. The Morgan fingerprint density at radius 1 is 1.17 bits per heavy atom. The molecule has 1 aliphatic heterocycles. The van der Waals surface area contributed by atoms with Crippen molar-refractivity contribution >= 4 is 33.4 Å². The molecule has 0 saturated carbocycles. The topological polar surface area (TPSA) is 70.1 Å². The number of hydrogen-bond acceptors (Lipinski definition) is 5. The summed E-state index contributed by atoms with van der Waals surface area (Å²) in [7, 11) is 5.38. The average molecular weight is 473 g/mol. The highest BCUT2D eigenvalue weighted by Gasteiger charge is 2.46. The lowest BCUT2D eigenvalue weighted by molar-refractivity contribution is -0.140. The van der Waals surface area contributed by atoms with E-state index in [0.29, 0.717) is 24.4 Å². The summed E-state index contributed by atoms with van der Waals surface area (Å²) in [5.41, 5.74) is 2.13. The van der Waals surface area contributed by atoms with E-state index >= 15 is 0 Å². The van der Waals surface area contributed by atoms with Gasteiger partial charge in [-0.25, -0.2) is 0 Å². The second-order valence-corrected chi connectivity index (χ2v) is 8.44. The molecule has 0 spiro atoms. The van der Waals surface area contributed by atoms with E-state index < -0.39 is 17.7 Å². The summed E-state index contributed by atoms with van der Waals surface area (Å²) in [6.45, 7) is 2.80. The van der Waals surface area contributed by atoms with Gasteiger partial charge in [0.25, 0.3) is 11.7 Å². The van der Waals surface area contributed by atoms with Crippen molar-refractivity contribution in [2.45, 2.75) is 13.0 Å². The van der Waals surface area contributed by atoms with Crippen molar-refractivity contribution in [1.82, 2.24) is 9.80 Å². The van der Waals surface area contributed by atoms with E-state index in [1.165, 1.54) is 4.90 Å². The first kappa shape index (κ1) is 22.1. The van der Waals surface area contributed by atoms with Crippen molar-refractivity contribution in [1.29, 1.82) is 0 Å². The molecular weight excluding hydrogens is 448 g/mol. The van der Waals surface area contributed by atoms with Gasteiger partial charge in [0, 0.05) is 23.1 Å². The molecule has 0 aromatic heterocycles. The number of benzene rings is 2. The van der Waals surface area contributed by atoms with Crippen molar-refractivity contribution in [3.63, 3.8) is 0 Å². The fourth-order valence-electron chi connectivity index (χ4n) is 3.58. The number of carbonyl (C=O) groups excluding carboxylic acids is 2. The maximum absolute atomic E-state index is 13.0. The Balaban J connectivity index is 2.16. The first-order chi connectivity index (χ1) is 14.2. The smallest absolute Gasteiger partial charge is 0.295 e. The summed E-state index contributed by atoms with van der Waals surface area (Å²) in [6, 6.07) is 12.0. The largest absolute Gasteiger partial charge is 0.507 e. The predicted octanol–water partition coefficient (Wildman–Crippen LogP) is 3.75. The van der Waals surface area contributed by atoms with Crippen LogP contribution >= 0.6 is 15.9 Å². The zero-order valence-electron chi connectivity index (χ0n) is 17.5. The standard InChI is InChI=1S/C23H25BrN2O4/c1-14-13-17(30-4)9-10-18(14)21(27)19-20(15-5-7-16(24)8-6-15)26(12-11-25(2)3)23(29)22(19)28/h5-10,13,20,27H,11-12H2,1-4H3/b21-19+/t20-/m0/s1. The molecule has 0 aliphatic carbocycles. The molecule has 0 unspecified atom stereocenters. The highest BCUT2D eigenvalue weighted by molar-refractivity contribution is 9.10. The highest BCUT2D eigenvalue weighted by atomic mass is 79.9. The van der Waals surface area contributed by atoms with Crippen molar-refractivity contribution < 1.29 is 19.4 Å². The second kappa shape index (κ2) is 9.02. The number of aryl methyl sites for hydroxylation is 1. The third-order valence-electron chi connectivity index (χ3n) is 5.20. The third-order valence-corrected chi connectivity index (χ3v) is 5.73. The molecule has 6 nitrogen and oxygen atoms in total. The number of carbonyl (C=O) groups is 2. The van der Waals surface area contributed by atoms with E-state index in [0.717, 1.165) is 15.6 Å². The lowest BCUT2D eigenvalue weighted by Crippen LogP contribution is -2.35. The summed E-state index contributed by atoms with van der Waals surface area (Å²) in [4.78, 5) is 29.4. The quantitative estimate of drug-likeness (QED) is 0.393. The fourth-order valence-corrected chi connectivity index (χ4v) is 3.85. The van der Waals surface area contributed by atoms with E-state index in [1.54, 1.807) is 25.3 Å². The summed E-state index contributed by atoms with van der Waals surface area (Å²) in [5.74, 6) is -0.791. The number of ketones is 1. The molecule has 1 amide bonds. The Labute approximate surface area is 184 Å². The minimum absolute atomic E-state index is 0.106. The van der Waals surface area contributed by atoms with Crippen LogP contribution in [0.25, 0.3) is 5.76 Å². The van der Waals surface area contributed by atoms with Crippen LogP contribution in [0.3, 0.4) is 0 Å². The molecule has 1 fully saturated rings. The van der Waals surface area contributed by atoms with Gasteiger partial charge < -0.3 is 19.6 Å². The second-order valence-electron chi connectivity index (χ2n) is 7.53. The maximum atomic E-state index is 13.0. The average Bonchev–Trinajstić information content (AvgIpc) is 2.96. The number of Topliss-reactive ketones (excluding diaryl/α,β-unsaturated/α-hetero) is 1. The van der Waals surface area contributed by atoms with Crippen LogP contribution in [0.2, 0.25) is 0 Å². The minimum atomic E-state index is -0.672. The lowest BCUT2D eigenvalue weighted by atomic mass is 9.94. The van der Waals surface area contributed by atoms with Crippen LogP contribution in [0, 0.1) is 6.92 Å². The SMILES string of the molecule is COc1ccc(/C(O)=C2\C(=O)C(=O)N(CCN(C)C)[C@H]2c2ccc(Br)cc2)c(C)c1. The molecule has 2 aromatic carbocycles. The molecule has 1 saturated heterocycles. The number of aliphatic hydroxyl groups is 1. The van der Waals surface area contributed by atoms with E-state index in [2.05, 4.69) is 15.9 Å². The molecule has 3 rings (SSSR count). The van der Waals surface area contributed by atoms with Gasteiger partial charge in [-0.1, -0.05) is 28.1 Å². The molecule has 2 aromatic rings. The van der Waals surface area contributed by atoms with Crippen LogP contribution in [0.5, 0.6) is 5.75 Å². The highest BCUT2D eigenvalue weighted by Crippen LogP contribution is 2.40. The number of rotatable bonds is 6. The zero-order valence-corrected chi connectivity index (χ0v) is 19.1. The first-order valence-electron chi connectivity index (χ1n) is 9.58. The van der Waals surface area contributed by atoms with E-state index in [-0.39, 0.29) is 11.3 Å². The molecular formula is C23H25BrN2O4. The third kappa shape index (κ3) is 4.27. The lowest BCUT2D eigenvalue weighted by Gasteiger charge is -2.26. The molecule has 1 heterocycles. The van der Waals surface area contributed by atoms with Gasteiger partial charge in [-0.2, -0.15) is 0 Å². The molecule has 1 atom stereocenters. The van der Waals surface area contributed by atoms with Crippen LogP contribution in [0.15, 0.2) is 52.5 Å². The van der Waals surface area contributed by atoms with Crippen LogP contribution in [0.4, 0.5) is 0 Å². The fraction of sp³-hybridized carbons (Fsp3) is 0.304. The van der Waals surface area contributed by atoms with Gasteiger partial charge >= 0.3 is 0 Å². The normalized spacial score (nSPS) is 18.3. The van der Waals surface area contributed by atoms with Crippen LogP contribution in [-0.4, -0.2) is 60.9 Å². The monoisotopic (exact) mass is 472 g/mol. The van der Waals surface area contributed by atoms with Crippen LogP contribution in [0.1, 0.15) is 22.7 Å². The first-order valence-corrected chi connectivity index (χ1v) is 10.4. The van der Waals surface area contributed by atoms with Gasteiger partial charge in [0.2, 0.25) is 0 Å². The number of likely N-dealkylation sites (N-methyl/N-ethyl adjacent to an activating group) is 1. The Kier molecular flexibility index (Phi) is 6.63. The number of likely N-dealkylation sites (tertiary alicyclic amines) is 1. The van der Waals surface area contributed by atoms with Gasteiger partial charge in [-0.15, -0.1) is 0 Å². The number of nitrogens with zero attached hydrogens (tertiary/aromatic N) is 2. The summed E-state index contributed by atoms with van der Waals surface area (Å²) >= 11 is 3.42. The van der Waals surface area contributed by atoms with Crippen LogP contribution < -0.4 is 4.74 Å². The summed E-state index contributed by atoms with van der Waals surface area (Å²) in [5, 5.41) is 11.2. The number of amides is 1. The number of aliphatic hydroxyl groups excluding tert-OH is 1.